The summed E-state index contributed by atoms with van der Waals surface area (Å²) in [6, 6.07) is 24.2. The van der Waals surface area contributed by atoms with Gasteiger partial charge in [0.2, 0.25) is 0 Å². The largest absolute Gasteiger partial charge is 0.466 e. The van der Waals surface area contributed by atoms with E-state index in [1.807, 2.05) is 43.3 Å². The standard InChI is InChI=1S/C31H26N2O3/c1-18-9-8-10-20(15-18)16-33-17-24(21-11-6-7-14-25(21)33)27-26(31(35)36-3)19(2)32-29-22-12-4-5-13-23(22)30(34)28(27)29/h4-15,17,27,32H,16H2,1-3H3/t27-/m1/s1. The van der Waals surface area contributed by atoms with Crippen LogP contribution in [0.2, 0.25) is 0 Å². The number of ketones is 1. The van der Waals surface area contributed by atoms with Crippen molar-refractivity contribution in [1.29, 1.82) is 0 Å². The molecule has 1 atom stereocenters. The fourth-order valence-electron chi connectivity index (χ4n) is 5.66. The van der Waals surface area contributed by atoms with Gasteiger partial charge in [0.05, 0.1) is 24.3 Å². The lowest BCUT2D eigenvalue weighted by molar-refractivity contribution is -0.136. The van der Waals surface area contributed by atoms with Crippen molar-refractivity contribution in [2.24, 2.45) is 0 Å². The molecule has 2 aliphatic rings. The van der Waals surface area contributed by atoms with Gasteiger partial charge in [-0.05, 0) is 31.0 Å². The molecule has 0 fully saturated rings. The smallest absolute Gasteiger partial charge is 0.336 e. The number of para-hydroxylation sites is 1. The van der Waals surface area contributed by atoms with E-state index < -0.39 is 11.9 Å². The van der Waals surface area contributed by atoms with Crippen molar-refractivity contribution in [1.82, 2.24) is 9.88 Å². The first-order valence-corrected chi connectivity index (χ1v) is 12.1. The Kier molecular flexibility index (Phi) is 5.15. The fraction of sp³-hybridized carbons (Fsp3) is 0.161. The number of nitrogens with one attached hydrogen (secondary N) is 1. The summed E-state index contributed by atoms with van der Waals surface area (Å²) in [5.41, 5.74) is 8.45. The molecule has 0 amide bonds. The number of benzene rings is 3. The summed E-state index contributed by atoms with van der Waals surface area (Å²) in [4.78, 5) is 26.9. The Morgan fingerprint density at radius 3 is 2.50 bits per heavy atom. The second-order valence-electron chi connectivity index (χ2n) is 9.47. The van der Waals surface area contributed by atoms with E-state index in [9.17, 15) is 9.59 Å². The van der Waals surface area contributed by atoms with Crippen LogP contribution in [0.15, 0.2) is 95.8 Å². The Morgan fingerprint density at radius 2 is 1.72 bits per heavy atom. The van der Waals surface area contributed by atoms with Crippen LogP contribution in [0.4, 0.5) is 0 Å². The van der Waals surface area contributed by atoms with Crippen LogP contribution in [0, 0.1) is 6.92 Å². The zero-order valence-electron chi connectivity index (χ0n) is 20.5. The summed E-state index contributed by atoms with van der Waals surface area (Å²) in [6.07, 6.45) is 2.10. The average Bonchev–Trinajstić information content (AvgIpc) is 3.38. The molecular formula is C31H26N2O3. The summed E-state index contributed by atoms with van der Waals surface area (Å²) in [6.45, 7) is 4.65. The SMILES string of the molecule is COC(=O)C1=C(C)NC2=C(C(=O)c3ccccc32)[C@@H]1c1cn(Cc2cccc(C)c2)c2ccccc12. The summed E-state index contributed by atoms with van der Waals surface area (Å²) < 4.78 is 7.43. The van der Waals surface area contributed by atoms with Crippen molar-refractivity contribution in [2.75, 3.05) is 7.11 Å². The van der Waals surface area contributed by atoms with Crippen molar-refractivity contribution in [3.63, 3.8) is 0 Å². The quantitative estimate of drug-likeness (QED) is 0.383. The lowest BCUT2D eigenvalue weighted by Gasteiger charge is -2.28. The highest BCUT2D eigenvalue weighted by Gasteiger charge is 2.43. The second kappa shape index (κ2) is 8.38. The van der Waals surface area contributed by atoms with E-state index in [4.69, 9.17) is 4.74 Å². The minimum absolute atomic E-state index is 0.0532. The van der Waals surface area contributed by atoms with Gasteiger partial charge >= 0.3 is 5.97 Å². The Labute approximate surface area is 209 Å². The molecule has 1 aliphatic carbocycles. The van der Waals surface area contributed by atoms with Crippen molar-refractivity contribution in [3.05, 3.63) is 124 Å². The molecule has 6 rings (SSSR count). The molecule has 0 spiro atoms. The lowest BCUT2D eigenvalue weighted by Crippen LogP contribution is -2.29. The molecule has 1 N–H and O–H groups in total. The maximum atomic E-state index is 13.8. The molecule has 1 aromatic heterocycles. The van der Waals surface area contributed by atoms with E-state index >= 15 is 0 Å². The number of fused-ring (bicyclic) bond motifs is 3. The lowest BCUT2D eigenvalue weighted by atomic mass is 9.79. The number of hydrogen-bond acceptors (Lipinski definition) is 4. The van der Waals surface area contributed by atoms with Gasteiger partial charge in [-0.1, -0.05) is 72.3 Å². The summed E-state index contributed by atoms with van der Waals surface area (Å²) in [7, 11) is 1.38. The normalized spacial score (nSPS) is 16.8. The second-order valence-corrected chi connectivity index (χ2v) is 9.47. The fourth-order valence-corrected chi connectivity index (χ4v) is 5.66. The summed E-state index contributed by atoms with van der Waals surface area (Å²) in [5.74, 6) is -1.03. The van der Waals surface area contributed by atoms with Gasteiger partial charge in [0.1, 0.15) is 0 Å². The number of nitrogens with zero attached hydrogens (tertiary/aromatic N) is 1. The molecule has 3 aromatic carbocycles. The minimum Gasteiger partial charge on any atom is -0.466 e. The maximum Gasteiger partial charge on any atom is 0.336 e. The Balaban J connectivity index is 1.58. The molecular weight excluding hydrogens is 448 g/mol. The van der Waals surface area contributed by atoms with Crippen molar-refractivity contribution >= 4 is 28.4 Å². The molecule has 4 aromatic rings. The van der Waals surface area contributed by atoms with Crippen LogP contribution < -0.4 is 5.32 Å². The summed E-state index contributed by atoms with van der Waals surface area (Å²) >= 11 is 0. The van der Waals surface area contributed by atoms with Gasteiger partial charge in [-0.3, -0.25) is 4.79 Å². The number of dihydropyridines is 1. The number of allylic oxidation sites excluding steroid dienone is 2. The van der Waals surface area contributed by atoms with Gasteiger partial charge in [-0.15, -0.1) is 0 Å². The highest BCUT2D eigenvalue weighted by atomic mass is 16.5. The van der Waals surface area contributed by atoms with E-state index in [1.54, 1.807) is 0 Å². The number of aromatic nitrogens is 1. The Morgan fingerprint density at radius 1 is 0.972 bits per heavy atom. The number of ether oxygens (including phenoxy) is 1. The summed E-state index contributed by atoms with van der Waals surface area (Å²) in [5, 5.41) is 4.38. The van der Waals surface area contributed by atoms with Gasteiger partial charge in [-0.25, -0.2) is 4.79 Å². The third-order valence-corrected chi connectivity index (χ3v) is 7.22. The molecule has 0 saturated carbocycles. The molecule has 2 heterocycles. The third-order valence-electron chi connectivity index (χ3n) is 7.22. The number of rotatable bonds is 4. The molecule has 36 heavy (non-hydrogen) atoms. The number of methoxy groups -OCH3 is 1. The van der Waals surface area contributed by atoms with E-state index in [2.05, 4.69) is 59.4 Å². The van der Waals surface area contributed by atoms with Crippen molar-refractivity contribution in [3.8, 4) is 0 Å². The van der Waals surface area contributed by atoms with Crippen LogP contribution in [-0.4, -0.2) is 23.4 Å². The average molecular weight is 475 g/mol. The maximum absolute atomic E-state index is 13.8. The molecule has 5 heteroatoms. The first-order valence-electron chi connectivity index (χ1n) is 12.1. The number of carbonyl (C=O) groups is 2. The Bertz CT molecular complexity index is 1640. The van der Waals surface area contributed by atoms with Crippen LogP contribution in [0.5, 0.6) is 0 Å². The number of aryl methyl sites for hydroxylation is 1. The van der Waals surface area contributed by atoms with Gasteiger partial charge in [0.15, 0.2) is 5.78 Å². The molecule has 0 saturated heterocycles. The Hall–Kier alpha value is -4.38. The zero-order chi connectivity index (χ0) is 25.0. The number of Topliss-reactive ketones (excluding diaryl/α,β-unsaturated/α-hetero) is 1. The minimum atomic E-state index is -0.544. The van der Waals surface area contributed by atoms with Gasteiger partial charge in [0, 0.05) is 46.0 Å². The number of carbonyl (C=O) groups excluding carboxylic acids is 2. The zero-order valence-corrected chi connectivity index (χ0v) is 20.5. The topological polar surface area (TPSA) is 60.3 Å². The van der Waals surface area contributed by atoms with E-state index in [-0.39, 0.29) is 5.78 Å². The van der Waals surface area contributed by atoms with Crippen molar-refractivity contribution in [2.45, 2.75) is 26.3 Å². The molecule has 0 radical (unpaired) electrons. The van der Waals surface area contributed by atoms with E-state index in [0.29, 0.717) is 29.0 Å². The third kappa shape index (κ3) is 3.31. The van der Waals surface area contributed by atoms with Crippen LogP contribution in [-0.2, 0) is 16.1 Å². The first-order chi connectivity index (χ1) is 17.5. The predicted octanol–water partition coefficient (Wildman–Crippen LogP) is 5.74. The highest BCUT2D eigenvalue weighted by molar-refractivity contribution is 6.23. The van der Waals surface area contributed by atoms with E-state index in [0.717, 1.165) is 27.7 Å². The predicted molar refractivity (Wildman–Crippen MR) is 141 cm³/mol. The molecule has 5 nitrogen and oxygen atoms in total. The van der Waals surface area contributed by atoms with Gasteiger partial charge < -0.3 is 14.6 Å². The molecule has 0 unspecified atom stereocenters. The molecule has 0 bridgehead atoms. The van der Waals surface area contributed by atoms with Crippen LogP contribution in [0.25, 0.3) is 16.6 Å². The monoisotopic (exact) mass is 474 g/mol. The van der Waals surface area contributed by atoms with Crippen molar-refractivity contribution < 1.29 is 14.3 Å². The number of hydrogen-bond donors (Lipinski definition) is 1. The van der Waals surface area contributed by atoms with E-state index in [1.165, 1.54) is 18.2 Å². The van der Waals surface area contributed by atoms with Gasteiger partial charge in [-0.2, -0.15) is 0 Å². The van der Waals surface area contributed by atoms with Gasteiger partial charge in [0.25, 0.3) is 0 Å². The molecule has 1 aliphatic heterocycles. The highest BCUT2D eigenvalue weighted by Crippen LogP contribution is 2.48. The van der Waals surface area contributed by atoms with Crippen LogP contribution >= 0.6 is 0 Å². The number of esters is 1. The molecule has 178 valence electrons. The van der Waals surface area contributed by atoms with Crippen LogP contribution in [0.1, 0.15) is 45.5 Å². The first kappa shape index (κ1) is 22.1. The van der Waals surface area contributed by atoms with Crippen LogP contribution in [0.3, 0.4) is 0 Å².